The molecule has 0 aromatic heterocycles. The quantitative estimate of drug-likeness (QED) is 0.0109. The second-order valence-electron chi connectivity index (χ2n) is 16.7. The van der Waals surface area contributed by atoms with Crippen LogP contribution in [0.1, 0.15) is 168 Å². The molecule has 17 heteroatoms. The molecule has 0 aliphatic rings. The summed E-state index contributed by atoms with van der Waals surface area (Å²) in [5.41, 5.74) is 0. The standard InChI is InChI=1S/C49H86O15P2/c1-4-6-25-33-44(50)35-28-23-24-29-36-45(51)34-27-20-17-18-21-30-37-48(53)60-41-47(42-63-66(58,59)62-40-46(52)39-61-65(55,56)57)64-49(54)38-31-22-16-14-12-10-8-7-9-11-13-15-19-26-32-43(3)5-2/h6,18,20-21,23-25,27-29,35-36,43-47,50-52H,4-5,7-17,19,22,26,30-34,37-42H2,1-3H3,(H,58,59)(H2,55,56,57)/b21-18-,24-23-,25-6-,27-20-,35-28+,36-29+/t43?,44-,45+,46+,47-/m1/s1. The Bertz CT molecular complexity index is 1490. The molecule has 0 saturated heterocycles. The van der Waals surface area contributed by atoms with Gasteiger partial charge in [0.1, 0.15) is 12.7 Å². The van der Waals surface area contributed by atoms with Crippen molar-refractivity contribution < 1.29 is 71.8 Å². The van der Waals surface area contributed by atoms with Gasteiger partial charge in [0.15, 0.2) is 6.10 Å². The second kappa shape index (κ2) is 42.6. The van der Waals surface area contributed by atoms with Crippen LogP contribution in [0.25, 0.3) is 0 Å². The molecule has 2 unspecified atom stereocenters. The van der Waals surface area contributed by atoms with E-state index in [1.807, 2.05) is 37.3 Å². The molecule has 15 nitrogen and oxygen atoms in total. The van der Waals surface area contributed by atoms with E-state index in [9.17, 15) is 38.9 Å². The van der Waals surface area contributed by atoms with Crippen molar-refractivity contribution in [2.45, 2.75) is 193 Å². The van der Waals surface area contributed by atoms with Crippen LogP contribution in [0.2, 0.25) is 0 Å². The van der Waals surface area contributed by atoms with Gasteiger partial charge < -0.3 is 39.5 Å². The number of carbonyl (C=O) groups is 2. The highest BCUT2D eigenvalue weighted by Crippen LogP contribution is 2.43. The molecule has 382 valence electrons. The third-order valence-corrected chi connectivity index (χ3v) is 11.8. The summed E-state index contributed by atoms with van der Waals surface area (Å²) in [6.07, 6.45) is 39.6. The van der Waals surface area contributed by atoms with Gasteiger partial charge in [0.2, 0.25) is 0 Å². The summed E-state index contributed by atoms with van der Waals surface area (Å²) in [6, 6.07) is 0. The van der Waals surface area contributed by atoms with Crippen molar-refractivity contribution in [2.75, 3.05) is 26.4 Å². The van der Waals surface area contributed by atoms with Crippen molar-refractivity contribution in [2.24, 2.45) is 5.92 Å². The van der Waals surface area contributed by atoms with Gasteiger partial charge in [0.25, 0.3) is 0 Å². The van der Waals surface area contributed by atoms with Crippen LogP contribution in [0, 0.1) is 5.92 Å². The van der Waals surface area contributed by atoms with Gasteiger partial charge in [-0.3, -0.25) is 23.2 Å². The summed E-state index contributed by atoms with van der Waals surface area (Å²) in [4.78, 5) is 52.8. The molecule has 0 aliphatic carbocycles. The predicted molar refractivity (Wildman–Crippen MR) is 260 cm³/mol. The third kappa shape index (κ3) is 45.3. The Morgan fingerprint density at radius 1 is 0.561 bits per heavy atom. The fraction of sp³-hybridized carbons (Fsp3) is 0.714. The second-order valence-corrected chi connectivity index (χ2v) is 19.3. The van der Waals surface area contributed by atoms with Crippen molar-refractivity contribution in [1.82, 2.24) is 0 Å². The first-order chi connectivity index (χ1) is 31.6. The van der Waals surface area contributed by atoms with Crippen LogP contribution in [0.4, 0.5) is 0 Å². The molecule has 0 aliphatic heterocycles. The minimum Gasteiger partial charge on any atom is -0.462 e. The molecule has 66 heavy (non-hydrogen) atoms. The fourth-order valence-corrected chi connectivity index (χ4v) is 7.39. The van der Waals surface area contributed by atoms with E-state index in [-0.39, 0.29) is 12.8 Å². The van der Waals surface area contributed by atoms with E-state index in [0.717, 1.165) is 38.0 Å². The van der Waals surface area contributed by atoms with Crippen LogP contribution in [-0.2, 0) is 41.8 Å². The van der Waals surface area contributed by atoms with Gasteiger partial charge in [-0.05, 0) is 44.4 Å². The molecule has 0 saturated carbocycles. The Labute approximate surface area is 396 Å². The van der Waals surface area contributed by atoms with E-state index >= 15 is 0 Å². The lowest BCUT2D eigenvalue weighted by Gasteiger charge is -2.20. The number of phosphoric ester groups is 2. The molecule has 0 bridgehead atoms. The number of hydrogen-bond acceptors (Lipinski definition) is 12. The van der Waals surface area contributed by atoms with Gasteiger partial charge in [-0.1, -0.05) is 190 Å². The van der Waals surface area contributed by atoms with E-state index in [4.69, 9.17) is 23.8 Å². The lowest BCUT2D eigenvalue weighted by molar-refractivity contribution is -0.161. The molecule has 6 atom stereocenters. The van der Waals surface area contributed by atoms with Gasteiger partial charge in [-0.15, -0.1) is 0 Å². The molecule has 0 radical (unpaired) electrons. The van der Waals surface area contributed by atoms with Crippen molar-refractivity contribution in [1.29, 1.82) is 0 Å². The molecule has 0 spiro atoms. The molecule has 0 fully saturated rings. The summed E-state index contributed by atoms with van der Waals surface area (Å²) < 4.78 is 47.8. The smallest absolute Gasteiger partial charge is 0.462 e. The Morgan fingerprint density at radius 2 is 1.06 bits per heavy atom. The summed E-state index contributed by atoms with van der Waals surface area (Å²) in [5, 5.41) is 29.7. The van der Waals surface area contributed by atoms with Crippen LogP contribution in [0.3, 0.4) is 0 Å². The summed E-state index contributed by atoms with van der Waals surface area (Å²) in [7, 11) is -9.74. The molecule has 0 heterocycles. The van der Waals surface area contributed by atoms with Crippen molar-refractivity contribution in [3.63, 3.8) is 0 Å². The van der Waals surface area contributed by atoms with Crippen LogP contribution in [0.5, 0.6) is 0 Å². The van der Waals surface area contributed by atoms with Crippen LogP contribution in [0.15, 0.2) is 72.9 Å². The first kappa shape index (κ1) is 63.5. The van der Waals surface area contributed by atoms with Crippen LogP contribution >= 0.6 is 15.6 Å². The first-order valence-electron chi connectivity index (χ1n) is 24.2. The normalized spacial score (nSPS) is 16.0. The van der Waals surface area contributed by atoms with Crippen molar-refractivity contribution in [3.05, 3.63) is 72.9 Å². The number of ether oxygens (including phenoxy) is 2. The third-order valence-electron chi connectivity index (χ3n) is 10.3. The van der Waals surface area contributed by atoms with E-state index < -0.39 is 78.4 Å². The minimum atomic E-state index is -4.89. The number of unbranched alkanes of at least 4 members (excludes halogenated alkanes) is 13. The Hall–Kier alpha value is -2.52. The first-order valence-corrected chi connectivity index (χ1v) is 27.3. The zero-order valence-corrected chi connectivity index (χ0v) is 41.9. The minimum absolute atomic E-state index is 0.0116. The molecular formula is C49H86O15P2. The largest absolute Gasteiger partial charge is 0.472 e. The summed E-state index contributed by atoms with van der Waals surface area (Å²) >= 11 is 0. The molecule has 0 aromatic carbocycles. The predicted octanol–water partition coefficient (Wildman–Crippen LogP) is 10.8. The lowest BCUT2D eigenvalue weighted by atomic mass is 9.99. The Balaban J connectivity index is 4.67. The highest BCUT2D eigenvalue weighted by Gasteiger charge is 2.28. The summed E-state index contributed by atoms with van der Waals surface area (Å²) in [5.74, 6) is -0.350. The highest BCUT2D eigenvalue weighted by molar-refractivity contribution is 7.47. The number of aliphatic hydroxyl groups is 3. The van der Waals surface area contributed by atoms with E-state index in [1.165, 1.54) is 70.6 Å². The molecule has 0 aromatic rings. The molecule has 6 N–H and O–H groups in total. The maximum absolute atomic E-state index is 12.7. The van der Waals surface area contributed by atoms with E-state index in [2.05, 4.69) is 22.9 Å². The number of esters is 2. The summed E-state index contributed by atoms with van der Waals surface area (Å²) in [6.45, 7) is 3.74. The monoisotopic (exact) mass is 977 g/mol. The zero-order valence-electron chi connectivity index (χ0n) is 40.2. The zero-order chi connectivity index (χ0) is 49.2. The Kier molecular flexibility index (Phi) is 40.9. The van der Waals surface area contributed by atoms with Gasteiger partial charge in [-0.25, -0.2) is 9.13 Å². The van der Waals surface area contributed by atoms with Crippen LogP contribution < -0.4 is 0 Å². The number of aliphatic hydroxyl groups excluding tert-OH is 3. The van der Waals surface area contributed by atoms with Gasteiger partial charge in [0, 0.05) is 12.8 Å². The topological polar surface area (TPSA) is 236 Å². The van der Waals surface area contributed by atoms with Gasteiger partial charge in [-0.2, -0.15) is 0 Å². The lowest BCUT2D eigenvalue weighted by Crippen LogP contribution is -2.29. The molecule has 0 rings (SSSR count). The van der Waals surface area contributed by atoms with Gasteiger partial charge >= 0.3 is 27.6 Å². The average Bonchev–Trinajstić information content (AvgIpc) is 3.27. The van der Waals surface area contributed by atoms with E-state index in [0.29, 0.717) is 32.1 Å². The van der Waals surface area contributed by atoms with Crippen molar-refractivity contribution >= 4 is 27.6 Å². The molecule has 0 amide bonds. The number of allylic oxidation sites excluding steroid dienone is 8. The maximum atomic E-state index is 12.7. The number of rotatable bonds is 44. The number of phosphoric acid groups is 2. The number of hydrogen-bond donors (Lipinski definition) is 6. The molecular weight excluding hydrogens is 890 g/mol. The fourth-order valence-electron chi connectivity index (χ4n) is 6.23. The SMILES string of the molecule is CC/C=C\C[C@@H](O)/C=C/C=C\C=C\[C@@H](O)C/C=C\C/C=C\CCC(=O)OC[C@H](COP(=O)(O)OC[C@@H](O)COP(=O)(O)O)OC(=O)CCCCCCCCCCCCCCCCC(C)CC. The highest BCUT2D eigenvalue weighted by atomic mass is 31.2. The Morgan fingerprint density at radius 3 is 1.61 bits per heavy atom. The van der Waals surface area contributed by atoms with Crippen LogP contribution in [-0.4, -0.2) is 92.8 Å². The average molecular weight is 977 g/mol. The number of carbonyl (C=O) groups excluding carboxylic acids is 2. The van der Waals surface area contributed by atoms with Gasteiger partial charge in [0.05, 0.1) is 32.0 Å². The van der Waals surface area contributed by atoms with E-state index in [1.54, 1.807) is 42.5 Å². The van der Waals surface area contributed by atoms with Crippen molar-refractivity contribution in [3.8, 4) is 0 Å². The maximum Gasteiger partial charge on any atom is 0.472 e.